The Morgan fingerprint density at radius 3 is 1.73 bits per heavy atom. The number of fused-ring (bicyclic) bond motifs is 4. The second kappa shape index (κ2) is 9.11. The number of hydrogen-bond acceptors (Lipinski definition) is 3. The van der Waals surface area contributed by atoms with E-state index in [1.54, 1.807) is 0 Å². The van der Waals surface area contributed by atoms with Crippen LogP contribution in [-0.4, -0.2) is 4.98 Å². The lowest BCUT2D eigenvalue weighted by Gasteiger charge is -2.05. The van der Waals surface area contributed by atoms with E-state index in [1.165, 1.54) is 11.1 Å². The fraction of sp³-hybridized carbons (Fsp3) is 0. The molecular weight excluding hydrogens is 490 g/mol. The van der Waals surface area contributed by atoms with E-state index in [9.17, 15) is 0 Å². The van der Waals surface area contributed by atoms with Gasteiger partial charge in [-0.2, -0.15) is 0 Å². The van der Waals surface area contributed by atoms with Gasteiger partial charge < -0.3 is 8.83 Å². The Labute approximate surface area is 231 Å². The van der Waals surface area contributed by atoms with Gasteiger partial charge in [-0.1, -0.05) is 115 Å². The SMILES string of the molecule is c1ccc(-c2ccc(-c3cccc4nc(-c5ccc(-c6cccc7c6oc6ccccc67)cc5)oc34)cc2)cc1. The first kappa shape index (κ1) is 22.6. The zero-order valence-corrected chi connectivity index (χ0v) is 21.5. The van der Waals surface area contributed by atoms with Gasteiger partial charge in [0, 0.05) is 27.5 Å². The quantitative estimate of drug-likeness (QED) is 0.235. The zero-order chi connectivity index (χ0) is 26.5. The fourth-order valence-corrected chi connectivity index (χ4v) is 5.54. The lowest BCUT2D eigenvalue weighted by atomic mass is 10.00. The summed E-state index contributed by atoms with van der Waals surface area (Å²) in [5.74, 6) is 0.608. The lowest BCUT2D eigenvalue weighted by Crippen LogP contribution is -1.81. The molecule has 0 aliphatic rings. The highest BCUT2D eigenvalue weighted by Crippen LogP contribution is 2.37. The first-order valence-electron chi connectivity index (χ1n) is 13.4. The Bertz CT molecular complexity index is 2130. The minimum absolute atomic E-state index is 0.608. The molecule has 3 heteroatoms. The summed E-state index contributed by atoms with van der Waals surface area (Å²) in [4.78, 5) is 4.83. The first-order chi connectivity index (χ1) is 19.8. The van der Waals surface area contributed by atoms with Crippen molar-refractivity contribution >= 4 is 33.0 Å². The third-order valence-electron chi connectivity index (χ3n) is 7.57. The molecule has 0 N–H and O–H groups in total. The van der Waals surface area contributed by atoms with Crippen molar-refractivity contribution < 1.29 is 8.83 Å². The number of rotatable bonds is 4. The third-order valence-corrected chi connectivity index (χ3v) is 7.57. The van der Waals surface area contributed by atoms with E-state index in [0.29, 0.717) is 5.89 Å². The Kier molecular flexibility index (Phi) is 5.14. The molecule has 3 nitrogen and oxygen atoms in total. The van der Waals surface area contributed by atoms with E-state index in [-0.39, 0.29) is 0 Å². The van der Waals surface area contributed by atoms with Crippen LogP contribution < -0.4 is 0 Å². The fourth-order valence-electron chi connectivity index (χ4n) is 5.54. The summed E-state index contributed by atoms with van der Waals surface area (Å²) in [6.45, 7) is 0. The highest BCUT2D eigenvalue weighted by Gasteiger charge is 2.15. The first-order valence-corrected chi connectivity index (χ1v) is 13.4. The number of furan rings is 1. The molecule has 2 heterocycles. The number of para-hydroxylation sites is 3. The molecule has 0 atom stereocenters. The van der Waals surface area contributed by atoms with E-state index >= 15 is 0 Å². The minimum atomic E-state index is 0.608. The number of hydrogen-bond donors (Lipinski definition) is 0. The van der Waals surface area contributed by atoms with Crippen LogP contribution in [0.25, 0.3) is 77.9 Å². The number of benzene rings is 6. The normalized spacial score (nSPS) is 11.5. The molecule has 0 radical (unpaired) electrons. The monoisotopic (exact) mass is 513 g/mol. The van der Waals surface area contributed by atoms with E-state index in [4.69, 9.17) is 13.8 Å². The van der Waals surface area contributed by atoms with Crippen LogP contribution in [0.3, 0.4) is 0 Å². The van der Waals surface area contributed by atoms with Gasteiger partial charge in [0.1, 0.15) is 16.7 Å². The second-order valence-corrected chi connectivity index (χ2v) is 9.97. The zero-order valence-electron chi connectivity index (χ0n) is 21.5. The standard InChI is InChI=1S/C37H23NO2/c1-2-8-24(9-3-1)25-16-18-27(19-17-25)30-12-7-14-33-36(30)40-37(38-33)28-22-20-26(21-23-28)29-11-6-13-32-31-10-4-5-15-34(31)39-35(29)32/h1-23H. The van der Waals surface area contributed by atoms with Crippen molar-refractivity contribution in [2.45, 2.75) is 0 Å². The van der Waals surface area contributed by atoms with Gasteiger partial charge in [0.2, 0.25) is 5.89 Å². The molecule has 40 heavy (non-hydrogen) atoms. The molecule has 0 aliphatic heterocycles. The van der Waals surface area contributed by atoms with Gasteiger partial charge in [0.15, 0.2) is 5.58 Å². The van der Waals surface area contributed by atoms with Crippen molar-refractivity contribution in [1.82, 2.24) is 4.98 Å². The van der Waals surface area contributed by atoms with Gasteiger partial charge in [-0.3, -0.25) is 0 Å². The van der Waals surface area contributed by atoms with E-state index in [2.05, 4.69) is 103 Å². The van der Waals surface area contributed by atoms with Crippen molar-refractivity contribution in [3.63, 3.8) is 0 Å². The number of nitrogens with zero attached hydrogens (tertiary/aromatic N) is 1. The Morgan fingerprint density at radius 2 is 0.950 bits per heavy atom. The van der Waals surface area contributed by atoms with Crippen LogP contribution in [0.1, 0.15) is 0 Å². The molecule has 2 aromatic heterocycles. The van der Waals surface area contributed by atoms with Crippen LogP contribution in [0.5, 0.6) is 0 Å². The number of aromatic nitrogens is 1. The molecule has 0 saturated carbocycles. The van der Waals surface area contributed by atoms with E-state index in [1.807, 2.05) is 36.4 Å². The van der Waals surface area contributed by atoms with Gasteiger partial charge in [-0.15, -0.1) is 0 Å². The molecule has 8 aromatic rings. The maximum atomic E-state index is 6.38. The van der Waals surface area contributed by atoms with Crippen molar-refractivity contribution in [1.29, 1.82) is 0 Å². The summed E-state index contributed by atoms with van der Waals surface area (Å²) in [6, 6.07) is 48.0. The van der Waals surface area contributed by atoms with Crippen LogP contribution in [0.4, 0.5) is 0 Å². The highest BCUT2D eigenvalue weighted by atomic mass is 16.3. The Balaban J connectivity index is 1.14. The van der Waals surface area contributed by atoms with Crippen LogP contribution >= 0.6 is 0 Å². The summed E-state index contributed by atoms with van der Waals surface area (Å²) in [5, 5.41) is 2.26. The molecule has 188 valence electrons. The molecule has 6 aromatic carbocycles. The average molecular weight is 514 g/mol. The predicted molar refractivity (Wildman–Crippen MR) is 163 cm³/mol. The lowest BCUT2D eigenvalue weighted by molar-refractivity contribution is 0.621. The van der Waals surface area contributed by atoms with Crippen LogP contribution in [0.2, 0.25) is 0 Å². The van der Waals surface area contributed by atoms with Crippen molar-refractivity contribution in [2.75, 3.05) is 0 Å². The van der Waals surface area contributed by atoms with Crippen molar-refractivity contribution in [3.8, 4) is 44.8 Å². The summed E-state index contributed by atoms with van der Waals surface area (Å²) in [5.41, 5.74) is 11.1. The van der Waals surface area contributed by atoms with Gasteiger partial charge in [-0.05, 0) is 46.5 Å². The van der Waals surface area contributed by atoms with Crippen LogP contribution in [-0.2, 0) is 0 Å². The smallest absolute Gasteiger partial charge is 0.227 e. The predicted octanol–water partition coefficient (Wildman–Crippen LogP) is 10.4. The number of oxazole rings is 1. The Morgan fingerprint density at radius 1 is 0.375 bits per heavy atom. The molecule has 8 rings (SSSR count). The van der Waals surface area contributed by atoms with Crippen LogP contribution in [0.15, 0.2) is 148 Å². The maximum absolute atomic E-state index is 6.38. The summed E-state index contributed by atoms with van der Waals surface area (Å²) in [7, 11) is 0. The largest absolute Gasteiger partial charge is 0.455 e. The molecule has 0 bridgehead atoms. The van der Waals surface area contributed by atoms with E-state index in [0.717, 1.165) is 60.9 Å². The molecule has 0 spiro atoms. The molecule has 0 unspecified atom stereocenters. The van der Waals surface area contributed by atoms with E-state index < -0.39 is 0 Å². The topological polar surface area (TPSA) is 39.2 Å². The van der Waals surface area contributed by atoms with Crippen molar-refractivity contribution in [2.24, 2.45) is 0 Å². The average Bonchev–Trinajstić information content (AvgIpc) is 3.64. The summed E-state index contributed by atoms with van der Waals surface area (Å²) < 4.78 is 12.6. The van der Waals surface area contributed by atoms with Crippen molar-refractivity contribution in [3.05, 3.63) is 140 Å². The molecule has 0 aliphatic carbocycles. The summed E-state index contributed by atoms with van der Waals surface area (Å²) >= 11 is 0. The van der Waals surface area contributed by atoms with Gasteiger partial charge in [-0.25, -0.2) is 4.98 Å². The third kappa shape index (κ3) is 3.71. The minimum Gasteiger partial charge on any atom is -0.455 e. The van der Waals surface area contributed by atoms with Gasteiger partial charge in [0.25, 0.3) is 0 Å². The Hall–Kier alpha value is -5.41. The second-order valence-electron chi connectivity index (χ2n) is 9.97. The molecular formula is C37H23NO2. The molecule has 0 saturated heterocycles. The molecule has 0 fully saturated rings. The highest BCUT2D eigenvalue weighted by molar-refractivity contribution is 6.09. The van der Waals surface area contributed by atoms with Gasteiger partial charge in [0.05, 0.1) is 0 Å². The summed E-state index contributed by atoms with van der Waals surface area (Å²) in [6.07, 6.45) is 0. The van der Waals surface area contributed by atoms with Crippen LogP contribution in [0, 0.1) is 0 Å². The maximum Gasteiger partial charge on any atom is 0.227 e. The molecule has 0 amide bonds. The van der Waals surface area contributed by atoms with Gasteiger partial charge >= 0.3 is 0 Å².